The third-order valence-corrected chi connectivity index (χ3v) is 3.15. The molecule has 0 saturated carbocycles. The molecule has 0 saturated heterocycles. The van der Waals surface area contributed by atoms with E-state index in [0.29, 0.717) is 6.04 Å². The van der Waals surface area contributed by atoms with Gasteiger partial charge in [-0.2, -0.15) is 5.10 Å². The van der Waals surface area contributed by atoms with Crippen LogP contribution in [0.1, 0.15) is 36.8 Å². The average molecular weight is 423 g/mol. The van der Waals surface area contributed by atoms with Crippen LogP contribution in [0.5, 0.6) is 0 Å². The summed E-state index contributed by atoms with van der Waals surface area (Å²) in [6.07, 6.45) is 0. The molecular formula is C15H20N2Pt. The van der Waals surface area contributed by atoms with Crippen LogP contribution in [-0.4, -0.2) is 9.78 Å². The fourth-order valence-electron chi connectivity index (χ4n) is 2.30. The maximum Gasteiger partial charge on any atom is 0.0675 e. The summed E-state index contributed by atoms with van der Waals surface area (Å²) in [5, 5.41) is 4.63. The van der Waals surface area contributed by atoms with Gasteiger partial charge < -0.3 is 0 Å². The Balaban J connectivity index is 0.00000162. The van der Waals surface area contributed by atoms with Crippen LogP contribution in [0.3, 0.4) is 0 Å². The number of hydrogen-bond acceptors (Lipinski definition) is 1. The Morgan fingerprint density at radius 1 is 1.00 bits per heavy atom. The van der Waals surface area contributed by atoms with Crippen molar-refractivity contribution in [3.63, 3.8) is 0 Å². The zero-order valence-corrected chi connectivity index (χ0v) is 13.9. The number of aryl methyl sites for hydroxylation is 2. The minimum absolute atomic E-state index is 0. The zero-order valence-electron chi connectivity index (χ0n) is 11.6. The Hall–Kier alpha value is -0.882. The van der Waals surface area contributed by atoms with E-state index in [4.69, 9.17) is 0 Å². The van der Waals surface area contributed by atoms with Gasteiger partial charge in [-0.1, -0.05) is 29.8 Å². The van der Waals surface area contributed by atoms with E-state index in [-0.39, 0.29) is 21.1 Å². The Morgan fingerprint density at radius 3 is 2.00 bits per heavy atom. The Labute approximate surface area is 124 Å². The van der Waals surface area contributed by atoms with E-state index in [1.807, 2.05) is 0 Å². The van der Waals surface area contributed by atoms with Crippen LogP contribution in [0.2, 0.25) is 0 Å². The number of nitrogens with zero attached hydrogens (tertiary/aromatic N) is 2. The molecule has 18 heavy (non-hydrogen) atoms. The molecule has 100 valence electrons. The third-order valence-electron chi connectivity index (χ3n) is 3.15. The van der Waals surface area contributed by atoms with E-state index in [1.54, 1.807) is 0 Å². The smallest absolute Gasteiger partial charge is 0.0675 e. The van der Waals surface area contributed by atoms with Crippen LogP contribution in [0, 0.1) is 20.8 Å². The first-order valence-electron chi connectivity index (χ1n) is 6.13. The van der Waals surface area contributed by atoms with Crippen LogP contribution in [0.25, 0.3) is 11.1 Å². The van der Waals surface area contributed by atoms with Crippen molar-refractivity contribution in [2.75, 3.05) is 0 Å². The molecule has 0 unspecified atom stereocenters. The van der Waals surface area contributed by atoms with Gasteiger partial charge in [0.25, 0.3) is 0 Å². The van der Waals surface area contributed by atoms with Crippen molar-refractivity contribution < 1.29 is 21.1 Å². The summed E-state index contributed by atoms with van der Waals surface area (Å²) in [4.78, 5) is 0. The van der Waals surface area contributed by atoms with Crippen LogP contribution < -0.4 is 0 Å². The molecule has 0 amide bonds. The van der Waals surface area contributed by atoms with Gasteiger partial charge in [0.1, 0.15) is 0 Å². The van der Waals surface area contributed by atoms with E-state index >= 15 is 0 Å². The van der Waals surface area contributed by atoms with Crippen molar-refractivity contribution in [3.05, 3.63) is 41.2 Å². The summed E-state index contributed by atoms with van der Waals surface area (Å²) in [5.74, 6) is 0. The second-order valence-corrected chi connectivity index (χ2v) is 4.95. The molecule has 0 atom stereocenters. The quantitative estimate of drug-likeness (QED) is 0.713. The number of hydrogen-bond donors (Lipinski definition) is 0. The van der Waals surface area contributed by atoms with E-state index in [2.05, 4.69) is 68.7 Å². The first-order chi connectivity index (χ1) is 8.00. The Bertz CT molecular complexity index is 524. The molecule has 0 aliphatic carbocycles. The van der Waals surface area contributed by atoms with Crippen molar-refractivity contribution in [2.24, 2.45) is 0 Å². The number of rotatable bonds is 2. The average Bonchev–Trinajstić information content (AvgIpc) is 2.56. The summed E-state index contributed by atoms with van der Waals surface area (Å²) in [5.41, 5.74) is 6.19. The zero-order chi connectivity index (χ0) is 12.6. The van der Waals surface area contributed by atoms with Crippen LogP contribution in [0.4, 0.5) is 0 Å². The fourth-order valence-corrected chi connectivity index (χ4v) is 2.30. The van der Waals surface area contributed by atoms with Crippen molar-refractivity contribution >= 4 is 0 Å². The minimum Gasteiger partial charge on any atom is -0.266 e. The molecule has 2 aromatic rings. The predicted molar refractivity (Wildman–Crippen MR) is 72.3 cm³/mol. The standard InChI is InChI=1S/C15H20N2.Pt/c1-10(2)17-13(5)15(12(4)16-17)14-8-6-11(3)7-9-14;/h6-10H,1-5H3;. The summed E-state index contributed by atoms with van der Waals surface area (Å²) < 4.78 is 2.10. The topological polar surface area (TPSA) is 17.8 Å². The molecule has 1 heterocycles. The Morgan fingerprint density at radius 2 is 1.56 bits per heavy atom. The molecule has 0 spiro atoms. The summed E-state index contributed by atoms with van der Waals surface area (Å²) in [6.45, 7) is 10.7. The second kappa shape index (κ2) is 5.84. The molecule has 0 aliphatic rings. The van der Waals surface area contributed by atoms with E-state index in [0.717, 1.165) is 5.69 Å². The first kappa shape index (κ1) is 15.2. The van der Waals surface area contributed by atoms with Crippen molar-refractivity contribution in [1.82, 2.24) is 9.78 Å². The predicted octanol–water partition coefficient (Wildman–Crippen LogP) is 4.05. The fraction of sp³-hybridized carbons (Fsp3) is 0.400. The van der Waals surface area contributed by atoms with Crippen molar-refractivity contribution in [1.29, 1.82) is 0 Å². The van der Waals surface area contributed by atoms with E-state index < -0.39 is 0 Å². The molecule has 1 aromatic carbocycles. The maximum atomic E-state index is 4.63. The third kappa shape index (κ3) is 2.75. The van der Waals surface area contributed by atoms with Crippen molar-refractivity contribution in [2.45, 2.75) is 40.7 Å². The maximum absolute atomic E-state index is 4.63. The largest absolute Gasteiger partial charge is 0.266 e. The SMILES string of the molecule is Cc1ccc(-c2c(C)nn(C(C)C)c2C)cc1.[Pt]. The van der Waals surface area contributed by atoms with E-state index in [1.165, 1.54) is 22.4 Å². The van der Waals surface area contributed by atoms with Crippen LogP contribution in [0.15, 0.2) is 24.3 Å². The van der Waals surface area contributed by atoms with Gasteiger partial charge in [-0.25, -0.2) is 0 Å². The van der Waals surface area contributed by atoms with Gasteiger partial charge in [0.05, 0.1) is 5.69 Å². The van der Waals surface area contributed by atoms with Gasteiger partial charge in [0.2, 0.25) is 0 Å². The summed E-state index contributed by atoms with van der Waals surface area (Å²) in [7, 11) is 0. The molecule has 0 N–H and O–H groups in total. The minimum atomic E-state index is 0. The summed E-state index contributed by atoms with van der Waals surface area (Å²) >= 11 is 0. The molecule has 2 nitrogen and oxygen atoms in total. The summed E-state index contributed by atoms with van der Waals surface area (Å²) in [6, 6.07) is 9.07. The molecule has 2 rings (SSSR count). The Kier molecular flexibility index (Phi) is 4.92. The van der Waals surface area contributed by atoms with Gasteiger partial charge in [-0.15, -0.1) is 0 Å². The van der Waals surface area contributed by atoms with Gasteiger partial charge in [-0.3, -0.25) is 4.68 Å². The normalized spacial score (nSPS) is 10.6. The van der Waals surface area contributed by atoms with Crippen molar-refractivity contribution in [3.8, 4) is 11.1 Å². The first-order valence-corrected chi connectivity index (χ1v) is 6.13. The van der Waals surface area contributed by atoms with Crippen LogP contribution >= 0.6 is 0 Å². The monoisotopic (exact) mass is 423 g/mol. The molecule has 0 radical (unpaired) electrons. The van der Waals surface area contributed by atoms with Gasteiger partial charge in [0, 0.05) is 38.4 Å². The number of benzene rings is 1. The number of aromatic nitrogens is 2. The molecule has 1 aromatic heterocycles. The molecule has 0 bridgehead atoms. The van der Waals surface area contributed by atoms with Gasteiger partial charge >= 0.3 is 0 Å². The molecule has 0 fully saturated rings. The van der Waals surface area contributed by atoms with Crippen LogP contribution in [-0.2, 0) is 21.1 Å². The van der Waals surface area contributed by atoms with Gasteiger partial charge in [0.15, 0.2) is 0 Å². The molecular weight excluding hydrogens is 403 g/mol. The van der Waals surface area contributed by atoms with E-state index in [9.17, 15) is 0 Å². The molecule has 3 heteroatoms. The molecule has 0 aliphatic heterocycles. The van der Waals surface area contributed by atoms with Gasteiger partial charge in [-0.05, 0) is 40.2 Å². The second-order valence-electron chi connectivity index (χ2n) is 4.95.